The molecule has 0 aliphatic heterocycles. The molecule has 0 bridgehead atoms. The number of anilines is 1. The molecule has 3 nitrogen and oxygen atoms in total. The predicted molar refractivity (Wildman–Crippen MR) is 82.4 cm³/mol. The maximum Gasteiger partial charge on any atom is 0.256 e. The largest absolute Gasteiger partial charge is 0.398 e. The van der Waals surface area contributed by atoms with Crippen molar-refractivity contribution in [2.45, 2.75) is 19.9 Å². The first-order valence-electron chi connectivity index (χ1n) is 6.89. The van der Waals surface area contributed by atoms with Gasteiger partial charge in [-0.15, -0.1) is 0 Å². The summed E-state index contributed by atoms with van der Waals surface area (Å²) in [5.41, 5.74) is 8.51. The fourth-order valence-electron chi connectivity index (χ4n) is 2.15. The van der Waals surface area contributed by atoms with E-state index in [4.69, 9.17) is 5.73 Å². The Bertz CT molecular complexity index is 638. The highest BCUT2D eigenvalue weighted by Gasteiger charge is 2.15. The van der Waals surface area contributed by atoms with Crippen LogP contribution in [0, 0.1) is 5.82 Å². The van der Waals surface area contributed by atoms with Crippen LogP contribution in [-0.4, -0.2) is 17.9 Å². The molecule has 0 unspecified atom stereocenters. The van der Waals surface area contributed by atoms with Crippen LogP contribution in [0.1, 0.15) is 28.4 Å². The summed E-state index contributed by atoms with van der Waals surface area (Å²) in [6.45, 7) is 2.55. The molecule has 2 N–H and O–H groups in total. The van der Waals surface area contributed by atoms with Crippen LogP contribution in [0.4, 0.5) is 10.1 Å². The first-order chi connectivity index (χ1) is 10.0. The Morgan fingerprint density at radius 1 is 1.14 bits per heavy atom. The molecular formula is C17H19FN2O. The maximum absolute atomic E-state index is 13.3. The molecule has 0 aliphatic rings. The highest BCUT2D eigenvalue weighted by molar-refractivity contribution is 5.98. The van der Waals surface area contributed by atoms with Crippen molar-refractivity contribution in [1.82, 2.24) is 4.90 Å². The normalized spacial score (nSPS) is 10.4. The van der Waals surface area contributed by atoms with Gasteiger partial charge in [0, 0.05) is 19.3 Å². The Labute approximate surface area is 124 Å². The molecule has 0 heterocycles. The highest BCUT2D eigenvalue weighted by atomic mass is 19.1. The summed E-state index contributed by atoms with van der Waals surface area (Å²) >= 11 is 0. The lowest BCUT2D eigenvalue weighted by Gasteiger charge is -2.18. The van der Waals surface area contributed by atoms with Gasteiger partial charge in [-0.25, -0.2) is 4.39 Å². The third kappa shape index (κ3) is 3.60. The van der Waals surface area contributed by atoms with E-state index in [0.717, 1.165) is 12.0 Å². The van der Waals surface area contributed by atoms with Crippen LogP contribution in [0.2, 0.25) is 0 Å². The van der Waals surface area contributed by atoms with Crippen LogP contribution < -0.4 is 5.73 Å². The van der Waals surface area contributed by atoms with E-state index < -0.39 is 5.82 Å². The number of carbonyl (C=O) groups is 1. The Hall–Kier alpha value is -2.36. The molecule has 2 aromatic rings. The molecule has 0 fully saturated rings. The third-order valence-corrected chi connectivity index (χ3v) is 3.44. The number of carbonyl (C=O) groups excluding carboxylic acids is 1. The predicted octanol–water partition coefficient (Wildman–Crippen LogP) is 3.24. The van der Waals surface area contributed by atoms with Crippen molar-refractivity contribution in [3.05, 3.63) is 65.0 Å². The van der Waals surface area contributed by atoms with E-state index in [1.165, 1.54) is 28.7 Å². The smallest absolute Gasteiger partial charge is 0.256 e. The molecule has 1 amide bonds. The average Bonchev–Trinajstić information content (AvgIpc) is 2.49. The first-order valence-corrected chi connectivity index (χ1v) is 6.89. The Morgan fingerprint density at radius 3 is 2.38 bits per heavy atom. The second-order valence-electron chi connectivity index (χ2n) is 5.06. The molecule has 2 rings (SSSR count). The van der Waals surface area contributed by atoms with Gasteiger partial charge in [-0.2, -0.15) is 0 Å². The van der Waals surface area contributed by atoms with Gasteiger partial charge >= 0.3 is 0 Å². The van der Waals surface area contributed by atoms with Crippen LogP contribution in [-0.2, 0) is 13.0 Å². The SMILES string of the molecule is CCc1ccc(CN(C)C(=O)c2cc(F)ccc2N)cc1. The minimum Gasteiger partial charge on any atom is -0.398 e. The number of aryl methyl sites for hydroxylation is 1. The number of nitrogens with zero attached hydrogens (tertiary/aromatic N) is 1. The molecular weight excluding hydrogens is 267 g/mol. The van der Waals surface area contributed by atoms with Gasteiger partial charge in [-0.05, 0) is 35.7 Å². The topological polar surface area (TPSA) is 46.3 Å². The Morgan fingerprint density at radius 2 is 1.76 bits per heavy atom. The van der Waals surface area contributed by atoms with Crippen LogP contribution >= 0.6 is 0 Å². The summed E-state index contributed by atoms with van der Waals surface area (Å²) in [6, 6.07) is 11.9. The number of halogens is 1. The Balaban J connectivity index is 2.13. The van der Waals surface area contributed by atoms with Gasteiger partial charge in [0.1, 0.15) is 5.82 Å². The Kier molecular flexibility index (Phi) is 4.58. The molecule has 0 radical (unpaired) electrons. The standard InChI is InChI=1S/C17H19FN2O/c1-3-12-4-6-13(7-5-12)11-20(2)17(21)15-10-14(18)8-9-16(15)19/h4-10H,3,11,19H2,1-2H3. The molecule has 0 saturated heterocycles. The average molecular weight is 286 g/mol. The number of hydrogen-bond donors (Lipinski definition) is 1. The van der Waals surface area contributed by atoms with E-state index in [-0.39, 0.29) is 17.2 Å². The second-order valence-corrected chi connectivity index (χ2v) is 5.06. The first kappa shape index (κ1) is 15.0. The van der Waals surface area contributed by atoms with Crippen molar-refractivity contribution < 1.29 is 9.18 Å². The highest BCUT2D eigenvalue weighted by Crippen LogP contribution is 2.17. The van der Waals surface area contributed by atoms with E-state index in [2.05, 4.69) is 6.92 Å². The molecule has 0 aliphatic carbocycles. The molecule has 2 aromatic carbocycles. The van der Waals surface area contributed by atoms with Gasteiger partial charge < -0.3 is 10.6 Å². The van der Waals surface area contributed by atoms with Crippen molar-refractivity contribution in [1.29, 1.82) is 0 Å². The van der Waals surface area contributed by atoms with E-state index >= 15 is 0 Å². The molecule has 0 spiro atoms. The van der Waals surface area contributed by atoms with Crippen molar-refractivity contribution in [3.63, 3.8) is 0 Å². The quantitative estimate of drug-likeness (QED) is 0.877. The van der Waals surface area contributed by atoms with Crippen LogP contribution in [0.25, 0.3) is 0 Å². The molecule has 0 saturated carbocycles. The monoisotopic (exact) mass is 286 g/mol. The van der Waals surface area contributed by atoms with Crippen molar-refractivity contribution in [3.8, 4) is 0 Å². The summed E-state index contributed by atoms with van der Waals surface area (Å²) in [7, 11) is 1.68. The zero-order chi connectivity index (χ0) is 15.4. The fraction of sp³-hybridized carbons (Fsp3) is 0.235. The number of amides is 1. The summed E-state index contributed by atoms with van der Waals surface area (Å²) in [4.78, 5) is 13.9. The lowest BCUT2D eigenvalue weighted by molar-refractivity contribution is 0.0785. The number of benzene rings is 2. The minimum atomic E-state index is -0.465. The van der Waals surface area contributed by atoms with Crippen molar-refractivity contribution >= 4 is 11.6 Å². The lowest BCUT2D eigenvalue weighted by atomic mass is 10.1. The number of nitrogens with two attached hydrogens (primary N) is 1. The molecule has 4 heteroatoms. The zero-order valence-corrected chi connectivity index (χ0v) is 12.3. The van der Waals surface area contributed by atoms with Gasteiger partial charge in [0.05, 0.1) is 5.56 Å². The van der Waals surface area contributed by atoms with Crippen LogP contribution in [0.3, 0.4) is 0 Å². The van der Waals surface area contributed by atoms with Gasteiger partial charge in [-0.3, -0.25) is 4.79 Å². The summed E-state index contributed by atoms with van der Waals surface area (Å²) in [5, 5.41) is 0. The van der Waals surface area contributed by atoms with Gasteiger partial charge in [-0.1, -0.05) is 31.2 Å². The summed E-state index contributed by atoms with van der Waals surface area (Å²) in [6.07, 6.45) is 0.981. The van der Waals surface area contributed by atoms with E-state index in [0.29, 0.717) is 6.54 Å². The van der Waals surface area contributed by atoms with E-state index in [9.17, 15) is 9.18 Å². The summed E-state index contributed by atoms with van der Waals surface area (Å²) < 4.78 is 13.3. The minimum absolute atomic E-state index is 0.197. The van der Waals surface area contributed by atoms with Crippen LogP contribution in [0.5, 0.6) is 0 Å². The molecule has 0 atom stereocenters. The number of nitrogen functional groups attached to an aromatic ring is 1. The molecule has 21 heavy (non-hydrogen) atoms. The van der Waals surface area contributed by atoms with Gasteiger partial charge in [0.2, 0.25) is 0 Å². The number of rotatable bonds is 4. The van der Waals surface area contributed by atoms with E-state index in [1.54, 1.807) is 7.05 Å². The van der Waals surface area contributed by atoms with Gasteiger partial charge in [0.15, 0.2) is 0 Å². The maximum atomic E-state index is 13.3. The fourth-order valence-corrected chi connectivity index (χ4v) is 2.15. The van der Waals surface area contributed by atoms with Crippen LogP contribution in [0.15, 0.2) is 42.5 Å². The third-order valence-electron chi connectivity index (χ3n) is 3.44. The number of hydrogen-bond acceptors (Lipinski definition) is 2. The summed E-state index contributed by atoms with van der Waals surface area (Å²) in [5.74, 6) is -0.750. The van der Waals surface area contributed by atoms with Crippen molar-refractivity contribution in [2.75, 3.05) is 12.8 Å². The van der Waals surface area contributed by atoms with Gasteiger partial charge in [0.25, 0.3) is 5.91 Å². The molecule has 0 aromatic heterocycles. The van der Waals surface area contributed by atoms with E-state index in [1.807, 2.05) is 24.3 Å². The molecule has 110 valence electrons. The second kappa shape index (κ2) is 6.39. The lowest BCUT2D eigenvalue weighted by Crippen LogP contribution is -2.27. The van der Waals surface area contributed by atoms with Crippen molar-refractivity contribution in [2.24, 2.45) is 0 Å². The zero-order valence-electron chi connectivity index (χ0n) is 12.3.